The predicted molar refractivity (Wildman–Crippen MR) is 248 cm³/mol. The van der Waals surface area contributed by atoms with Crippen molar-refractivity contribution in [1.29, 1.82) is 0 Å². The quantitative estimate of drug-likeness (QED) is 0.100. The minimum absolute atomic E-state index is 0.595. The van der Waals surface area contributed by atoms with Gasteiger partial charge in [-0.15, -0.1) is 0 Å². The van der Waals surface area contributed by atoms with E-state index in [0.717, 1.165) is 0 Å². The molecular weight excluding hydrogens is 1150 g/mol. The fourth-order valence-corrected chi connectivity index (χ4v) is 12.9. The van der Waals surface area contributed by atoms with Crippen molar-refractivity contribution in [2.75, 3.05) is 52.9 Å². The first-order chi connectivity index (χ1) is 40.5. The Labute approximate surface area is 474 Å². The zero-order chi connectivity index (χ0) is 58.9. The Kier molecular flexibility index (Phi) is 18.0. The van der Waals surface area contributed by atoms with E-state index < -0.39 is 299 Å². The molecule has 0 unspecified atom stereocenters. The van der Waals surface area contributed by atoms with Gasteiger partial charge in [-0.05, 0) is 0 Å². The van der Waals surface area contributed by atoms with Gasteiger partial charge in [0.05, 0.1) is 52.9 Å². The monoisotopic (exact) mass is 1220 g/mol. The summed E-state index contributed by atoms with van der Waals surface area (Å²) in [4.78, 5) is 0. The van der Waals surface area contributed by atoms with E-state index in [-0.39, 0.29) is 0 Å². The number of aliphatic hydroxyl groups excluding tert-OH is 16. The molecule has 36 heteroatoms. The minimum atomic E-state index is -2.14. The smallest absolute Gasteiger partial charge is 0.187 e. The van der Waals surface area contributed by atoms with Gasteiger partial charge in [-0.25, -0.2) is 0 Å². The second-order valence-electron chi connectivity index (χ2n) is 22.8. The number of hydrogen-bond acceptors (Lipinski definition) is 36. The molecule has 16 bridgehead atoms. The van der Waals surface area contributed by atoms with Crippen LogP contribution < -0.4 is 0 Å². The molecular formula is C48H72O36. The lowest BCUT2D eigenvalue weighted by molar-refractivity contribution is -0.392. The maximum atomic E-state index is 11.5. The van der Waals surface area contributed by atoms with Gasteiger partial charge in [-0.2, -0.15) is 0 Å². The van der Waals surface area contributed by atoms with Gasteiger partial charge in [-0.1, -0.05) is 0 Å². The normalized spacial score (nSPS) is 58.9. The summed E-state index contributed by atoms with van der Waals surface area (Å²) in [5.74, 6) is 0. The van der Waals surface area contributed by atoms with Gasteiger partial charge < -0.3 is 176 Å². The van der Waals surface area contributed by atoms with Gasteiger partial charge in [0.25, 0.3) is 0 Å². The molecule has 25 saturated heterocycles. The highest BCUT2D eigenvalue weighted by Crippen LogP contribution is 2.49. The molecule has 0 saturated carbocycles. The van der Waals surface area contributed by atoms with Crippen LogP contribution in [-0.4, -0.2) is 380 Å². The lowest BCUT2D eigenvalue weighted by Gasteiger charge is -2.49. The standard InChI is InChI=1S/C48H72O36/c49-1-9-25-17(57)22(62)42(66-9)79-27-11(3-51)68-44(24(64)19(27)59)81-29-13(5-53)70-46(38-33(29)73-38)83-31-15(7-55)72-48(40-35(31)75-40)84-32-16(8-56)71-47(39-36(32)76-39)82-30-14(6-54)69-45(37-34(30)74-37)80-28-12(4-52)67-43(23(63)20(28)60)78-26-10(2-50)65-41(77-25)21(61)18(26)58/h9-64H,1-8H2/t9-,10-,11-,12-,13-,14-,15-,16-,17-,18-,19-,20-,21-,22-,23-,24-,25-,26-,27-,28-,29-,30-,31-,32-,33+,34+,35+,36+,37-,38-,39-,40-,41-,42-,43-,44-,45-,46-,47-,48-/m1/s1. The second-order valence-corrected chi connectivity index (χ2v) is 22.8. The van der Waals surface area contributed by atoms with Crippen molar-refractivity contribution in [1.82, 2.24) is 0 Å². The summed E-state index contributed by atoms with van der Waals surface area (Å²) >= 11 is 0. The number of rotatable bonds is 8. The Hall–Kier alpha value is -1.44. The first-order valence-electron chi connectivity index (χ1n) is 28.0. The average Bonchev–Trinajstić information content (AvgIpc) is 1.85. The molecule has 0 aromatic carbocycles. The van der Waals surface area contributed by atoms with Crippen LogP contribution in [0.3, 0.4) is 0 Å². The lowest BCUT2D eigenvalue weighted by Crippen LogP contribution is -2.68. The summed E-state index contributed by atoms with van der Waals surface area (Å²) in [7, 11) is 0. The predicted octanol–water partition coefficient (Wildman–Crippen LogP) is -13.2. The molecule has 84 heavy (non-hydrogen) atoms. The Morgan fingerprint density at radius 3 is 0.500 bits per heavy atom. The molecule has 25 heterocycles. The number of epoxide rings is 4. The van der Waals surface area contributed by atoms with Crippen LogP contribution in [-0.2, 0) is 94.7 Å². The van der Waals surface area contributed by atoms with Crippen LogP contribution >= 0.6 is 0 Å². The third-order valence-electron chi connectivity index (χ3n) is 17.6. The highest BCUT2D eigenvalue weighted by molar-refractivity contribution is 5.10. The van der Waals surface area contributed by atoms with Gasteiger partial charge in [0.1, 0.15) is 195 Å². The van der Waals surface area contributed by atoms with Crippen LogP contribution in [0.5, 0.6) is 0 Å². The molecule has 36 nitrogen and oxygen atoms in total. The third-order valence-corrected chi connectivity index (χ3v) is 17.6. The highest BCUT2D eigenvalue weighted by Gasteiger charge is 2.69. The number of aliphatic hydroxyl groups is 16. The van der Waals surface area contributed by atoms with Crippen molar-refractivity contribution in [3.63, 3.8) is 0 Å². The van der Waals surface area contributed by atoms with Crippen molar-refractivity contribution in [2.24, 2.45) is 0 Å². The van der Waals surface area contributed by atoms with E-state index in [1.807, 2.05) is 0 Å². The van der Waals surface area contributed by atoms with Crippen LogP contribution in [0, 0.1) is 0 Å². The first kappa shape index (κ1) is 61.4. The molecule has 480 valence electrons. The molecule has 40 atom stereocenters. The fourth-order valence-electron chi connectivity index (χ4n) is 12.9. The van der Waals surface area contributed by atoms with Gasteiger partial charge >= 0.3 is 0 Å². The van der Waals surface area contributed by atoms with Crippen LogP contribution in [0.2, 0.25) is 0 Å². The summed E-state index contributed by atoms with van der Waals surface area (Å²) in [6.45, 7) is -6.32. The summed E-state index contributed by atoms with van der Waals surface area (Å²) in [5, 5.41) is 175. The topological polar surface area (TPSA) is 521 Å². The Balaban J connectivity index is 0.735. The molecule has 0 aliphatic carbocycles. The molecule has 0 radical (unpaired) electrons. The van der Waals surface area contributed by atoms with Gasteiger partial charge in [0.2, 0.25) is 0 Å². The molecule has 0 aromatic rings. The molecule has 25 rings (SSSR count). The highest BCUT2D eigenvalue weighted by atomic mass is 16.8. The van der Waals surface area contributed by atoms with Crippen molar-refractivity contribution in [3.8, 4) is 0 Å². The average molecular weight is 1230 g/mol. The van der Waals surface area contributed by atoms with Crippen LogP contribution in [0.1, 0.15) is 0 Å². The maximum absolute atomic E-state index is 11.5. The van der Waals surface area contributed by atoms with Gasteiger partial charge in [-0.3, -0.25) is 0 Å². The molecule has 16 N–H and O–H groups in total. The van der Waals surface area contributed by atoms with Gasteiger partial charge in [0.15, 0.2) is 50.3 Å². The maximum Gasteiger partial charge on any atom is 0.187 e. The molecule has 0 aromatic heterocycles. The Morgan fingerprint density at radius 2 is 0.298 bits per heavy atom. The zero-order valence-corrected chi connectivity index (χ0v) is 44.1. The van der Waals surface area contributed by atoms with Crippen LogP contribution in [0.15, 0.2) is 0 Å². The number of ether oxygens (including phenoxy) is 20. The molecule has 0 spiro atoms. The fraction of sp³-hybridized carbons (Fsp3) is 1.00. The largest absolute Gasteiger partial charge is 0.394 e. The lowest BCUT2D eigenvalue weighted by atomic mass is 9.95. The van der Waals surface area contributed by atoms with E-state index in [9.17, 15) is 81.7 Å². The summed E-state index contributed by atoms with van der Waals surface area (Å²) < 4.78 is 120. The van der Waals surface area contributed by atoms with Crippen molar-refractivity contribution in [2.45, 2.75) is 246 Å². The SMILES string of the molecule is OC[C@H]1O[C@@H]2O[C@H]3[C@H](O)[C@@H](O)[C@@H](O[C@H]4[C@@H]5O[C@H]5[C@@H](O[C@H]5[C@@H]6O[C@H]6[C@@H](O[C@H]6[C@@H]7O[C@H]7[C@@H](O[C@H]7[C@@H]8O[C@H]8[C@@H](O[C@H]8[C@H](O)[C@@H](O)[C@@H](O[C@H]9[C@H](O)[C@@H](O)[C@@H](O[C@H]1[C@H](O)[C@H]2O)O[C@@H]9CO)O[C@@H]8CO)O[C@@H]7CO)O[C@@H]6CO)O[C@@H]5CO)O[C@@H]4CO)O[C@@H]3CO. The third kappa shape index (κ3) is 11.1. The van der Waals surface area contributed by atoms with E-state index in [4.69, 9.17) is 94.7 Å². The van der Waals surface area contributed by atoms with E-state index in [2.05, 4.69) is 0 Å². The van der Waals surface area contributed by atoms with E-state index >= 15 is 0 Å². The van der Waals surface area contributed by atoms with Crippen molar-refractivity contribution in [3.05, 3.63) is 0 Å². The van der Waals surface area contributed by atoms with Crippen LogP contribution in [0.4, 0.5) is 0 Å². The summed E-state index contributed by atoms with van der Waals surface area (Å²) in [5.41, 5.74) is 0. The first-order valence-corrected chi connectivity index (χ1v) is 28.0. The Bertz CT molecular complexity index is 2210. The molecule has 25 fully saturated rings. The molecule has 0 amide bonds. The zero-order valence-electron chi connectivity index (χ0n) is 44.1. The van der Waals surface area contributed by atoms with E-state index in [1.165, 1.54) is 0 Å². The molecule has 25 aliphatic heterocycles. The van der Waals surface area contributed by atoms with Crippen LogP contribution in [0.25, 0.3) is 0 Å². The Morgan fingerprint density at radius 1 is 0.143 bits per heavy atom. The number of hydrogen-bond donors (Lipinski definition) is 16. The van der Waals surface area contributed by atoms with Crippen molar-refractivity contribution < 1.29 is 176 Å². The van der Waals surface area contributed by atoms with Gasteiger partial charge in [0, 0.05) is 0 Å². The van der Waals surface area contributed by atoms with Crippen molar-refractivity contribution >= 4 is 0 Å². The summed E-state index contributed by atoms with van der Waals surface area (Å²) in [6, 6.07) is 0. The van der Waals surface area contributed by atoms with E-state index in [0.29, 0.717) is 0 Å². The second kappa shape index (κ2) is 24.6. The van der Waals surface area contributed by atoms with E-state index in [1.54, 1.807) is 0 Å². The molecule has 25 aliphatic rings. The summed E-state index contributed by atoms with van der Waals surface area (Å²) in [6.07, 6.45) is -57.5. The minimum Gasteiger partial charge on any atom is -0.394 e.